The SMILES string of the molecule is CCN(CCCNC(=O)C1CCCN(S(C)(=O)=O)C1)c1ccccc1. The Hall–Kier alpha value is -1.60. The summed E-state index contributed by atoms with van der Waals surface area (Å²) in [4.78, 5) is 14.6. The molecule has 1 amide bonds. The molecule has 6 nitrogen and oxygen atoms in total. The van der Waals surface area contributed by atoms with Crippen LogP contribution in [0, 0.1) is 5.92 Å². The molecule has 1 aromatic carbocycles. The summed E-state index contributed by atoms with van der Waals surface area (Å²) in [6, 6.07) is 10.2. The van der Waals surface area contributed by atoms with Gasteiger partial charge in [-0.05, 0) is 38.3 Å². The van der Waals surface area contributed by atoms with Crippen LogP contribution in [0.1, 0.15) is 26.2 Å². The van der Waals surface area contributed by atoms with Gasteiger partial charge in [0.25, 0.3) is 0 Å². The van der Waals surface area contributed by atoms with Crippen molar-refractivity contribution in [3.05, 3.63) is 30.3 Å². The number of anilines is 1. The molecule has 1 unspecified atom stereocenters. The molecule has 140 valence electrons. The lowest BCUT2D eigenvalue weighted by atomic mass is 9.99. The molecule has 1 aliphatic heterocycles. The van der Waals surface area contributed by atoms with Crippen molar-refractivity contribution < 1.29 is 13.2 Å². The van der Waals surface area contributed by atoms with Crippen LogP contribution in [0.25, 0.3) is 0 Å². The van der Waals surface area contributed by atoms with Crippen molar-refractivity contribution in [2.24, 2.45) is 5.92 Å². The number of nitrogens with zero attached hydrogens (tertiary/aromatic N) is 2. The highest BCUT2D eigenvalue weighted by atomic mass is 32.2. The van der Waals surface area contributed by atoms with Gasteiger partial charge >= 0.3 is 0 Å². The zero-order chi connectivity index (χ0) is 18.3. The van der Waals surface area contributed by atoms with E-state index < -0.39 is 10.0 Å². The quantitative estimate of drug-likeness (QED) is 0.710. The molecule has 0 aliphatic carbocycles. The number of piperidine rings is 1. The van der Waals surface area contributed by atoms with E-state index in [1.54, 1.807) is 0 Å². The summed E-state index contributed by atoms with van der Waals surface area (Å²) < 4.78 is 24.7. The van der Waals surface area contributed by atoms with E-state index in [2.05, 4.69) is 29.3 Å². The highest BCUT2D eigenvalue weighted by Gasteiger charge is 2.29. The first-order valence-electron chi connectivity index (χ1n) is 8.94. The van der Waals surface area contributed by atoms with Crippen molar-refractivity contribution in [2.45, 2.75) is 26.2 Å². The van der Waals surface area contributed by atoms with Crippen molar-refractivity contribution in [1.82, 2.24) is 9.62 Å². The number of rotatable bonds is 8. The Balaban J connectivity index is 1.75. The fourth-order valence-corrected chi connectivity index (χ4v) is 4.10. The molecule has 2 rings (SSSR count). The maximum atomic E-state index is 12.3. The van der Waals surface area contributed by atoms with Crippen LogP contribution in [-0.4, -0.2) is 57.6 Å². The number of amides is 1. The summed E-state index contributed by atoms with van der Waals surface area (Å²) in [5, 5.41) is 2.97. The number of nitrogens with one attached hydrogen (secondary N) is 1. The van der Waals surface area contributed by atoms with Crippen molar-refractivity contribution >= 4 is 21.6 Å². The lowest BCUT2D eigenvalue weighted by molar-refractivity contribution is -0.126. The second kappa shape index (κ2) is 9.20. The molecule has 1 N–H and O–H groups in total. The van der Waals surface area contributed by atoms with Crippen molar-refractivity contribution in [3.8, 4) is 0 Å². The van der Waals surface area contributed by atoms with Crippen molar-refractivity contribution in [2.75, 3.05) is 43.9 Å². The van der Waals surface area contributed by atoms with Crippen LogP contribution in [0.5, 0.6) is 0 Å². The van der Waals surface area contributed by atoms with E-state index in [0.29, 0.717) is 19.6 Å². The van der Waals surface area contributed by atoms with Gasteiger partial charge in [-0.15, -0.1) is 0 Å². The predicted octanol–water partition coefficient (Wildman–Crippen LogP) is 1.69. The molecule has 7 heteroatoms. The van der Waals surface area contributed by atoms with Gasteiger partial charge in [0.15, 0.2) is 0 Å². The van der Waals surface area contributed by atoms with Crippen LogP contribution < -0.4 is 10.2 Å². The van der Waals surface area contributed by atoms with Gasteiger partial charge in [0, 0.05) is 38.4 Å². The summed E-state index contributed by atoms with van der Waals surface area (Å²) in [6.07, 6.45) is 3.55. The van der Waals surface area contributed by atoms with E-state index in [-0.39, 0.29) is 11.8 Å². The van der Waals surface area contributed by atoms with Crippen LogP contribution in [0.15, 0.2) is 30.3 Å². The highest BCUT2D eigenvalue weighted by molar-refractivity contribution is 7.88. The first-order chi connectivity index (χ1) is 11.9. The van der Waals surface area contributed by atoms with Gasteiger partial charge in [0.2, 0.25) is 15.9 Å². The van der Waals surface area contributed by atoms with Crippen molar-refractivity contribution in [3.63, 3.8) is 0 Å². The van der Waals surface area contributed by atoms with Gasteiger partial charge in [0.05, 0.1) is 12.2 Å². The third-order valence-electron chi connectivity index (χ3n) is 4.63. The standard InChI is InChI=1S/C18H29N3O3S/c1-3-20(17-10-5-4-6-11-17)13-8-12-19-18(22)16-9-7-14-21(15-16)25(2,23)24/h4-6,10-11,16H,3,7-9,12-15H2,1-2H3,(H,19,22). The first-order valence-corrected chi connectivity index (χ1v) is 10.8. The van der Waals surface area contributed by atoms with E-state index in [9.17, 15) is 13.2 Å². The Morgan fingerprint density at radius 3 is 2.68 bits per heavy atom. The van der Waals surface area contributed by atoms with Gasteiger partial charge in [-0.3, -0.25) is 4.79 Å². The van der Waals surface area contributed by atoms with E-state index in [1.165, 1.54) is 16.2 Å². The molecular weight excluding hydrogens is 338 g/mol. The minimum Gasteiger partial charge on any atom is -0.372 e. The summed E-state index contributed by atoms with van der Waals surface area (Å²) >= 11 is 0. The Labute approximate surface area is 151 Å². The average Bonchev–Trinajstić information content (AvgIpc) is 2.62. The molecule has 1 atom stereocenters. The number of sulfonamides is 1. The number of hydrogen-bond acceptors (Lipinski definition) is 4. The molecule has 1 saturated heterocycles. The third-order valence-corrected chi connectivity index (χ3v) is 5.90. The fraction of sp³-hybridized carbons (Fsp3) is 0.611. The average molecular weight is 368 g/mol. The molecule has 1 aromatic rings. The van der Waals surface area contributed by atoms with Gasteiger partial charge < -0.3 is 10.2 Å². The zero-order valence-electron chi connectivity index (χ0n) is 15.1. The predicted molar refractivity (Wildman–Crippen MR) is 101 cm³/mol. The number of hydrogen-bond donors (Lipinski definition) is 1. The van der Waals surface area contributed by atoms with Gasteiger partial charge in [-0.25, -0.2) is 12.7 Å². The minimum atomic E-state index is -3.22. The molecule has 0 saturated carbocycles. The first kappa shape index (κ1) is 19.7. The van der Waals surface area contributed by atoms with E-state index in [0.717, 1.165) is 32.4 Å². The minimum absolute atomic E-state index is 0.0314. The number of carbonyl (C=O) groups excluding carboxylic acids is 1. The topological polar surface area (TPSA) is 69.7 Å². The van der Waals surface area contributed by atoms with Gasteiger partial charge in [-0.1, -0.05) is 18.2 Å². The second-order valence-electron chi connectivity index (χ2n) is 6.52. The summed E-state index contributed by atoms with van der Waals surface area (Å²) in [5.41, 5.74) is 1.19. The monoisotopic (exact) mass is 367 g/mol. The molecule has 25 heavy (non-hydrogen) atoms. The summed E-state index contributed by atoms with van der Waals surface area (Å²) in [6.45, 7) is 5.34. The molecule has 1 aliphatic rings. The van der Waals surface area contributed by atoms with Crippen LogP contribution in [0.3, 0.4) is 0 Å². The highest BCUT2D eigenvalue weighted by Crippen LogP contribution is 2.19. The summed E-state index contributed by atoms with van der Waals surface area (Å²) in [7, 11) is -3.22. The lowest BCUT2D eigenvalue weighted by Crippen LogP contribution is -2.45. The van der Waals surface area contributed by atoms with E-state index in [1.807, 2.05) is 18.2 Å². The smallest absolute Gasteiger partial charge is 0.224 e. The van der Waals surface area contributed by atoms with Crippen LogP contribution >= 0.6 is 0 Å². The van der Waals surface area contributed by atoms with Crippen LogP contribution in [0.4, 0.5) is 5.69 Å². The molecule has 0 radical (unpaired) electrons. The van der Waals surface area contributed by atoms with E-state index >= 15 is 0 Å². The molecule has 0 bridgehead atoms. The Morgan fingerprint density at radius 1 is 1.32 bits per heavy atom. The number of benzene rings is 1. The molecular formula is C18H29N3O3S. The normalized spacial score (nSPS) is 18.7. The number of carbonyl (C=O) groups is 1. The van der Waals surface area contributed by atoms with Crippen LogP contribution in [-0.2, 0) is 14.8 Å². The Morgan fingerprint density at radius 2 is 2.04 bits per heavy atom. The Bertz CT molecular complexity index is 649. The molecule has 0 aromatic heterocycles. The van der Waals surface area contributed by atoms with E-state index in [4.69, 9.17) is 0 Å². The number of para-hydroxylation sites is 1. The maximum Gasteiger partial charge on any atom is 0.224 e. The molecule has 0 spiro atoms. The van der Waals surface area contributed by atoms with Gasteiger partial charge in [-0.2, -0.15) is 0 Å². The van der Waals surface area contributed by atoms with Crippen LogP contribution in [0.2, 0.25) is 0 Å². The van der Waals surface area contributed by atoms with Crippen molar-refractivity contribution in [1.29, 1.82) is 0 Å². The second-order valence-corrected chi connectivity index (χ2v) is 8.50. The van der Waals surface area contributed by atoms with Gasteiger partial charge in [0.1, 0.15) is 0 Å². The molecule has 1 fully saturated rings. The zero-order valence-corrected chi connectivity index (χ0v) is 16.0. The fourth-order valence-electron chi connectivity index (χ4n) is 3.19. The molecule has 1 heterocycles. The summed E-state index contributed by atoms with van der Waals surface area (Å²) in [5.74, 6) is -0.268. The lowest BCUT2D eigenvalue weighted by Gasteiger charge is -2.30. The third kappa shape index (κ3) is 6.01. The Kier molecular flexibility index (Phi) is 7.25. The maximum absolute atomic E-state index is 12.3. The largest absolute Gasteiger partial charge is 0.372 e.